The van der Waals surface area contributed by atoms with Crippen molar-refractivity contribution >= 4 is 40.9 Å². The maximum atomic E-state index is 11.9. The molecule has 0 fully saturated rings. The third-order valence-electron chi connectivity index (χ3n) is 3.58. The van der Waals surface area contributed by atoms with Crippen LogP contribution in [0.3, 0.4) is 0 Å². The summed E-state index contributed by atoms with van der Waals surface area (Å²) in [6, 6.07) is -1.79. The summed E-state index contributed by atoms with van der Waals surface area (Å²) in [6.45, 7) is -1.45. The second-order valence-corrected chi connectivity index (χ2v) is 10.2. The second kappa shape index (κ2) is 9.41. The van der Waals surface area contributed by atoms with Crippen LogP contribution in [0.4, 0.5) is 17.5 Å². The Morgan fingerprint density at radius 3 is 2.31 bits per heavy atom. The number of nitrogen functional groups attached to an aromatic ring is 1. The molecule has 0 amide bonds. The van der Waals surface area contributed by atoms with E-state index in [-0.39, 0.29) is 5.06 Å². The summed E-state index contributed by atoms with van der Waals surface area (Å²) < 4.78 is 43.0. The van der Waals surface area contributed by atoms with Gasteiger partial charge in [0.05, 0.1) is 14.4 Å². The van der Waals surface area contributed by atoms with Gasteiger partial charge in [0.1, 0.15) is 23.9 Å². The molecule has 2 heterocycles. The zero-order valence-electron chi connectivity index (χ0n) is 15.1. The lowest BCUT2D eigenvalue weighted by molar-refractivity contribution is -0.339. The molecule has 184 valence electrons. The molecule has 0 aromatic carbocycles. The van der Waals surface area contributed by atoms with Crippen LogP contribution in [0.2, 0.25) is 0 Å². The number of H-pyrrole nitrogens is 1. The highest BCUT2D eigenvalue weighted by Gasteiger charge is 2.42. The summed E-state index contributed by atoms with van der Waals surface area (Å²) >= 11 is 0. The van der Waals surface area contributed by atoms with Crippen LogP contribution in [-0.2, 0) is 26.8 Å². The molecule has 2 rings (SSSR count). The number of nitrogens with two attached hydrogens (primary N) is 1. The molecule has 1 aliphatic rings. The number of hydrogen-bond donors (Lipinski definition) is 7. The molecule has 1 aromatic rings. The van der Waals surface area contributed by atoms with Gasteiger partial charge in [-0.1, -0.05) is 0 Å². The van der Waals surface area contributed by atoms with Crippen LogP contribution in [-0.4, -0.2) is 61.6 Å². The maximum Gasteiger partial charge on any atom is 0.278 e. The molecular formula is C9H14N5O15P3-4. The fourth-order valence-electron chi connectivity index (χ4n) is 2.34. The van der Waals surface area contributed by atoms with Crippen molar-refractivity contribution in [2.24, 2.45) is 0 Å². The molecule has 0 radical (unpaired) electrons. The molecule has 8 N–H and O–H groups in total. The van der Waals surface area contributed by atoms with Gasteiger partial charge in [0.15, 0.2) is 12.0 Å². The highest BCUT2D eigenvalue weighted by molar-refractivity contribution is 7.64. The zero-order chi connectivity index (χ0) is 24.6. The molecule has 0 bridgehead atoms. The molecule has 0 spiro atoms. The van der Waals surface area contributed by atoms with Gasteiger partial charge >= 0.3 is 0 Å². The average molecular weight is 525 g/mol. The van der Waals surface area contributed by atoms with E-state index < -0.39 is 77.6 Å². The minimum atomic E-state index is -6.24. The van der Waals surface area contributed by atoms with Crippen LogP contribution in [0.15, 0.2) is 4.79 Å². The molecule has 1 aromatic heterocycles. The fourth-order valence-corrected chi connectivity index (χ4v) is 5.21. The zero-order valence-corrected chi connectivity index (χ0v) is 17.8. The number of aliphatic hydroxyl groups is 3. The van der Waals surface area contributed by atoms with Crippen molar-refractivity contribution < 1.29 is 66.9 Å². The van der Waals surface area contributed by atoms with Crippen molar-refractivity contribution in [3.8, 4) is 0 Å². The van der Waals surface area contributed by atoms with Crippen molar-refractivity contribution in [2.45, 2.75) is 24.5 Å². The predicted molar refractivity (Wildman–Crippen MR) is 89.9 cm³/mol. The monoisotopic (exact) mass is 525 g/mol. The molecule has 6 unspecified atom stereocenters. The van der Waals surface area contributed by atoms with Crippen LogP contribution in [0.5, 0.6) is 0 Å². The van der Waals surface area contributed by atoms with Gasteiger partial charge in [-0.25, -0.2) is 9.37 Å². The Hall–Kier alpha value is -1.47. The topological polar surface area (TPSA) is 339 Å². The first-order chi connectivity index (χ1) is 14.4. The molecular weight excluding hydrogens is 511 g/mol. The number of aromatic nitrogens is 2. The normalized spacial score (nSPS) is 24.6. The van der Waals surface area contributed by atoms with Crippen LogP contribution >= 0.6 is 23.5 Å². The first-order valence-electron chi connectivity index (χ1n) is 7.82. The number of phosphoric acid groups is 3. The quantitative estimate of drug-likeness (QED) is 0.148. The number of fused-ring (bicyclic) bond motifs is 1. The number of hydroxylamine groups is 1. The largest absolute Gasteiger partial charge is 0.790 e. The fraction of sp³-hybridized carbons (Fsp3) is 0.556. The van der Waals surface area contributed by atoms with Crippen molar-refractivity contribution in [3.63, 3.8) is 0 Å². The Morgan fingerprint density at radius 2 is 1.75 bits per heavy atom. The molecule has 0 aliphatic carbocycles. The third kappa shape index (κ3) is 6.77. The van der Waals surface area contributed by atoms with E-state index >= 15 is 0 Å². The van der Waals surface area contributed by atoms with Crippen molar-refractivity contribution in [2.75, 3.05) is 22.7 Å². The molecule has 6 atom stereocenters. The third-order valence-corrected chi connectivity index (χ3v) is 7.25. The summed E-state index contributed by atoms with van der Waals surface area (Å²) in [5.41, 5.74) is 3.83. The first kappa shape index (κ1) is 26.8. The number of nitrogens with zero attached hydrogens (tertiary/aromatic N) is 2. The van der Waals surface area contributed by atoms with E-state index in [1.165, 1.54) is 0 Å². The molecule has 23 heteroatoms. The van der Waals surface area contributed by atoms with E-state index in [9.17, 15) is 58.6 Å². The maximum absolute atomic E-state index is 11.9. The van der Waals surface area contributed by atoms with Gasteiger partial charge < -0.3 is 55.0 Å². The van der Waals surface area contributed by atoms with Gasteiger partial charge in [-0.2, -0.15) is 4.98 Å². The number of aromatic amines is 1. The van der Waals surface area contributed by atoms with Crippen LogP contribution in [0.25, 0.3) is 0 Å². The van der Waals surface area contributed by atoms with Gasteiger partial charge in [0, 0.05) is 0 Å². The van der Waals surface area contributed by atoms with Crippen LogP contribution in [0.1, 0.15) is 0 Å². The van der Waals surface area contributed by atoms with E-state index in [1.54, 1.807) is 0 Å². The van der Waals surface area contributed by atoms with Gasteiger partial charge in [0.25, 0.3) is 21.2 Å². The molecule has 0 saturated carbocycles. The Morgan fingerprint density at radius 1 is 1.16 bits per heavy atom. The van der Waals surface area contributed by atoms with Crippen molar-refractivity contribution in [3.05, 3.63) is 10.4 Å². The van der Waals surface area contributed by atoms with E-state index in [4.69, 9.17) is 5.73 Å². The number of aliphatic hydroxyl groups excluding tert-OH is 3. The smallest absolute Gasteiger partial charge is 0.278 e. The van der Waals surface area contributed by atoms with Crippen molar-refractivity contribution in [1.82, 2.24) is 9.97 Å². The number of rotatable bonds is 9. The lowest BCUT2D eigenvalue weighted by atomic mass is 10.0. The first-order valence-corrected chi connectivity index (χ1v) is 12.2. The van der Waals surface area contributed by atoms with Gasteiger partial charge in [-0.15, -0.1) is 0 Å². The lowest BCUT2D eigenvalue weighted by Gasteiger charge is -2.40. The van der Waals surface area contributed by atoms with E-state index in [0.717, 1.165) is 0 Å². The Bertz CT molecular complexity index is 1040. The minimum absolute atomic E-state index is 0.00960. The van der Waals surface area contributed by atoms with Crippen LogP contribution in [0, 0.1) is 0 Å². The summed E-state index contributed by atoms with van der Waals surface area (Å²) in [5.74, 6) is -0.990. The Balaban J connectivity index is 2.08. The molecule has 20 nitrogen and oxygen atoms in total. The minimum Gasteiger partial charge on any atom is -0.790 e. The Labute approximate surface area is 176 Å². The number of hydrogen-bond acceptors (Lipinski definition) is 19. The summed E-state index contributed by atoms with van der Waals surface area (Å²) in [6.07, 6.45) is -6.56. The number of phosphoric ester groups is 1. The SMILES string of the molecule is Nc1nc2c(c(=O)[nH]1)NC(C(O)C(O)COP(=O)([O-])OP(=O)([O-])OP(=O)([O-])[O-])C(O)N2O. The second-order valence-electron chi connectivity index (χ2n) is 5.94. The number of anilines is 3. The van der Waals surface area contributed by atoms with Gasteiger partial charge in [-0.3, -0.25) is 28.4 Å². The molecule has 0 saturated heterocycles. The molecule has 1 aliphatic heterocycles. The predicted octanol–water partition coefficient (Wildman–Crippen LogP) is -5.80. The van der Waals surface area contributed by atoms with Gasteiger partial charge in [-0.05, 0) is 0 Å². The van der Waals surface area contributed by atoms with Gasteiger partial charge in [0.2, 0.25) is 5.95 Å². The van der Waals surface area contributed by atoms with E-state index in [0.29, 0.717) is 0 Å². The summed E-state index contributed by atoms with van der Waals surface area (Å²) in [5, 5.41) is 42.3. The molecule has 32 heavy (non-hydrogen) atoms. The summed E-state index contributed by atoms with van der Waals surface area (Å²) in [7, 11) is -18.4. The highest BCUT2D eigenvalue weighted by Crippen LogP contribution is 2.60. The van der Waals surface area contributed by atoms with Crippen LogP contribution < -0.4 is 41.2 Å². The lowest BCUT2D eigenvalue weighted by Crippen LogP contribution is -2.59. The standard InChI is InChI=1S/C9H18N5O15P3/c10-9-12-6-4(7(17)13-9)11-3(8(18)14(6)19)5(16)2(15)1-27-31(23,24)29-32(25,26)28-30(20,21)22/h2-3,5,8,11,15-16,18-19H,1H2,(H,23,24)(H,25,26)(H2,20,21,22)(H3,10,12,13,17)/p-4. The van der Waals surface area contributed by atoms with E-state index in [2.05, 4.69) is 23.4 Å². The highest BCUT2D eigenvalue weighted by atomic mass is 31.3. The van der Waals surface area contributed by atoms with Crippen molar-refractivity contribution in [1.29, 1.82) is 0 Å². The average Bonchev–Trinajstić information content (AvgIpc) is 2.59. The Kier molecular flexibility index (Phi) is 7.88. The number of nitrogens with one attached hydrogen (secondary N) is 2. The van der Waals surface area contributed by atoms with E-state index in [1.807, 2.05) is 4.98 Å². The summed E-state index contributed by atoms with van der Waals surface area (Å²) in [4.78, 5) is 60.5.